The summed E-state index contributed by atoms with van der Waals surface area (Å²) < 4.78 is 7.49. The molecule has 146 valence electrons. The summed E-state index contributed by atoms with van der Waals surface area (Å²) in [5.74, 6) is 0.821. The van der Waals surface area contributed by atoms with Crippen LogP contribution < -0.4 is 10.2 Å². The number of likely N-dealkylation sites (N-methyl/N-ethyl adjacent to an activating group) is 1. The van der Waals surface area contributed by atoms with Gasteiger partial charge < -0.3 is 24.6 Å². The van der Waals surface area contributed by atoms with Crippen LogP contribution in [0.1, 0.15) is 16.8 Å². The zero-order valence-corrected chi connectivity index (χ0v) is 15.9. The maximum atomic E-state index is 12.7. The van der Waals surface area contributed by atoms with Crippen LogP contribution in [0.5, 0.6) is 0 Å². The lowest BCUT2D eigenvalue weighted by Crippen LogP contribution is -2.37. The molecule has 2 aliphatic heterocycles. The second kappa shape index (κ2) is 7.46. The van der Waals surface area contributed by atoms with Gasteiger partial charge in [-0.2, -0.15) is 0 Å². The molecule has 1 amide bonds. The number of amides is 1. The summed E-state index contributed by atoms with van der Waals surface area (Å²) in [5, 5.41) is 12.5. The lowest BCUT2D eigenvalue weighted by molar-refractivity contribution is 0.0938. The van der Waals surface area contributed by atoms with Crippen LogP contribution in [0.15, 0.2) is 18.2 Å². The van der Waals surface area contributed by atoms with Gasteiger partial charge in [-0.05, 0) is 31.7 Å². The Kier molecular flexibility index (Phi) is 5.03. The average molecular weight is 373 g/mol. The maximum Gasteiger partial charge on any atom is 0.251 e. The molecular formula is C19H27N5O3. The number of carbonyl (C=O) groups is 1. The highest BCUT2D eigenvalue weighted by molar-refractivity contribution is 5.98. The number of likely N-dealkylation sites (tertiary alicyclic amines) is 1. The number of hydrogen-bond donors (Lipinski definition) is 2. The van der Waals surface area contributed by atoms with Crippen LogP contribution in [0.3, 0.4) is 0 Å². The number of nitrogens with zero attached hydrogens (tertiary/aromatic N) is 4. The molecule has 27 heavy (non-hydrogen) atoms. The van der Waals surface area contributed by atoms with E-state index in [2.05, 4.69) is 19.7 Å². The highest BCUT2D eigenvalue weighted by atomic mass is 16.5. The molecule has 0 unspecified atom stereocenters. The van der Waals surface area contributed by atoms with Gasteiger partial charge in [-0.15, -0.1) is 0 Å². The van der Waals surface area contributed by atoms with Gasteiger partial charge in [0.2, 0.25) is 5.95 Å². The second-order valence-corrected chi connectivity index (χ2v) is 7.46. The van der Waals surface area contributed by atoms with Crippen LogP contribution in [0.25, 0.3) is 11.0 Å². The van der Waals surface area contributed by atoms with Crippen molar-refractivity contribution >= 4 is 22.9 Å². The van der Waals surface area contributed by atoms with Crippen molar-refractivity contribution in [2.24, 2.45) is 7.05 Å². The highest BCUT2D eigenvalue weighted by Crippen LogP contribution is 2.23. The zero-order chi connectivity index (χ0) is 19.0. The Labute approximate surface area is 158 Å². The van der Waals surface area contributed by atoms with Crippen molar-refractivity contribution in [1.29, 1.82) is 0 Å². The summed E-state index contributed by atoms with van der Waals surface area (Å²) >= 11 is 0. The van der Waals surface area contributed by atoms with E-state index in [0.29, 0.717) is 18.8 Å². The summed E-state index contributed by atoms with van der Waals surface area (Å²) in [5.41, 5.74) is 2.45. The lowest BCUT2D eigenvalue weighted by Gasteiger charge is -2.27. The topological polar surface area (TPSA) is 82.9 Å². The molecule has 1 aromatic carbocycles. The van der Waals surface area contributed by atoms with Crippen molar-refractivity contribution in [1.82, 2.24) is 19.8 Å². The summed E-state index contributed by atoms with van der Waals surface area (Å²) in [4.78, 5) is 21.7. The SMILES string of the molecule is CN1C[C@H](NC(=O)c2ccc3c(c2)nc(N2CCOCC2)n3C)C[C@H]1CO. The molecule has 2 aliphatic rings. The molecule has 4 rings (SSSR count). The van der Waals surface area contributed by atoms with Crippen LogP contribution in [0.2, 0.25) is 0 Å². The number of nitrogens with one attached hydrogen (secondary N) is 1. The first kappa shape index (κ1) is 18.2. The molecule has 2 aromatic rings. The number of benzene rings is 1. The number of aliphatic hydroxyl groups is 1. The number of ether oxygens (including phenoxy) is 1. The molecule has 0 aliphatic carbocycles. The van der Waals surface area contributed by atoms with Crippen LogP contribution in [-0.2, 0) is 11.8 Å². The average Bonchev–Trinajstić information content (AvgIpc) is 3.21. The van der Waals surface area contributed by atoms with Crippen molar-refractivity contribution in [2.75, 3.05) is 51.4 Å². The molecule has 2 saturated heterocycles. The molecule has 1 aromatic heterocycles. The maximum absolute atomic E-state index is 12.7. The van der Waals surface area contributed by atoms with Gasteiger partial charge in [0.1, 0.15) is 0 Å². The van der Waals surface area contributed by atoms with Gasteiger partial charge in [-0.1, -0.05) is 0 Å². The predicted octanol–water partition coefficient (Wildman–Crippen LogP) is 0.205. The van der Waals surface area contributed by atoms with Gasteiger partial charge in [0, 0.05) is 44.3 Å². The lowest BCUT2D eigenvalue weighted by atomic mass is 10.1. The van der Waals surface area contributed by atoms with E-state index in [0.717, 1.165) is 43.0 Å². The molecule has 0 saturated carbocycles. The normalized spacial score (nSPS) is 23.9. The van der Waals surface area contributed by atoms with Gasteiger partial charge in [0.25, 0.3) is 5.91 Å². The smallest absolute Gasteiger partial charge is 0.251 e. The Balaban J connectivity index is 1.52. The van der Waals surface area contributed by atoms with E-state index in [1.165, 1.54) is 0 Å². The van der Waals surface area contributed by atoms with Gasteiger partial charge >= 0.3 is 0 Å². The third-order valence-electron chi connectivity index (χ3n) is 5.65. The Bertz CT molecular complexity index is 830. The minimum absolute atomic E-state index is 0.0583. The molecule has 8 nitrogen and oxygen atoms in total. The van der Waals surface area contributed by atoms with Crippen LogP contribution in [0, 0.1) is 0 Å². The molecule has 8 heteroatoms. The molecule has 2 N–H and O–H groups in total. The molecule has 2 fully saturated rings. The largest absolute Gasteiger partial charge is 0.395 e. The number of aryl methyl sites for hydroxylation is 1. The fraction of sp³-hybridized carbons (Fsp3) is 0.579. The van der Waals surface area contributed by atoms with E-state index in [4.69, 9.17) is 9.72 Å². The number of rotatable bonds is 4. The number of morpholine rings is 1. The van der Waals surface area contributed by atoms with Crippen LogP contribution in [-0.4, -0.2) is 84.1 Å². The fourth-order valence-electron chi connectivity index (χ4n) is 4.04. The first-order chi connectivity index (χ1) is 13.1. The molecule has 0 bridgehead atoms. The van der Waals surface area contributed by atoms with Crippen molar-refractivity contribution in [3.8, 4) is 0 Å². The third kappa shape index (κ3) is 3.52. The molecular weight excluding hydrogens is 346 g/mol. The number of aromatic nitrogens is 2. The Morgan fingerprint density at radius 1 is 1.33 bits per heavy atom. The Hall–Kier alpha value is -2.16. The van der Waals surface area contributed by atoms with E-state index in [-0.39, 0.29) is 24.6 Å². The Morgan fingerprint density at radius 2 is 2.11 bits per heavy atom. The van der Waals surface area contributed by atoms with Gasteiger partial charge in [-0.25, -0.2) is 4.98 Å². The van der Waals surface area contributed by atoms with Crippen molar-refractivity contribution < 1.29 is 14.6 Å². The van der Waals surface area contributed by atoms with E-state index in [1.807, 2.05) is 32.3 Å². The van der Waals surface area contributed by atoms with E-state index < -0.39 is 0 Å². The summed E-state index contributed by atoms with van der Waals surface area (Å²) in [6.45, 7) is 3.94. The zero-order valence-electron chi connectivity index (χ0n) is 15.9. The number of aliphatic hydroxyl groups excluding tert-OH is 1. The minimum atomic E-state index is -0.0903. The number of imidazole rings is 1. The Morgan fingerprint density at radius 3 is 2.81 bits per heavy atom. The molecule has 0 spiro atoms. The number of fused-ring (bicyclic) bond motifs is 1. The summed E-state index contributed by atoms with van der Waals surface area (Å²) in [6.07, 6.45) is 0.770. The second-order valence-electron chi connectivity index (χ2n) is 7.46. The number of carbonyl (C=O) groups excluding carboxylic acids is 1. The van der Waals surface area contributed by atoms with Crippen molar-refractivity contribution in [3.05, 3.63) is 23.8 Å². The first-order valence-corrected chi connectivity index (χ1v) is 9.48. The number of hydrogen-bond acceptors (Lipinski definition) is 6. The quantitative estimate of drug-likeness (QED) is 0.797. The molecule has 0 radical (unpaired) electrons. The summed E-state index contributed by atoms with van der Waals surface area (Å²) in [6, 6.07) is 5.84. The van der Waals surface area contributed by atoms with Crippen LogP contribution in [0.4, 0.5) is 5.95 Å². The highest BCUT2D eigenvalue weighted by Gasteiger charge is 2.30. The number of anilines is 1. The summed E-state index contributed by atoms with van der Waals surface area (Å²) in [7, 11) is 3.98. The van der Waals surface area contributed by atoms with Crippen molar-refractivity contribution in [3.63, 3.8) is 0 Å². The van der Waals surface area contributed by atoms with Crippen LogP contribution >= 0.6 is 0 Å². The fourth-order valence-corrected chi connectivity index (χ4v) is 4.04. The van der Waals surface area contributed by atoms with Crippen molar-refractivity contribution in [2.45, 2.75) is 18.5 Å². The molecule has 2 atom stereocenters. The van der Waals surface area contributed by atoms with E-state index >= 15 is 0 Å². The first-order valence-electron chi connectivity index (χ1n) is 9.48. The third-order valence-corrected chi connectivity index (χ3v) is 5.65. The molecule has 3 heterocycles. The monoisotopic (exact) mass is 373 g/mol. The van der Waals surface area contributed by atoms with Gasteiger partial charge in [-0.3, -0.25) is 9.69 Å². The van der Waals surface area contributed by atoms with E-state index in [9.17, 15) is 9.90 Å². The van der Waals surface area contributed by atoms with Gasteiger partial charge in [0.15, 0.2) is 0 Å². The standard InChI is InChI=1S/C19H27N5O3/c1-22-11-14(10-15(22)12-25)20-18(26)13-3-4-17-16(9-13)21-19(23(17)2)24-5-7-27-8-6-24/h3-4,9,14-15,25H,5-8,10-12H2,1-2H3,(H,20,26)/t14-,15+/m1/s1. The predicted molar refractivity (Wildman–Crippen MR) is 103 cm³/mol. The van der Waals surface area contributed by atoms with Gasteiger partial charge in [0.05, 0.1) is 30.9 Å². The minimum Gasteiger partial charge on any atom is -0.395 e. The van der Waals surface area contributed by atoms with E-state index in [1.54, 1.807) is 0 Å².